The van der Waals surface area contributed by atoms with Gasteiger partial charge in [-0.1, -0.05) is 0 Å². The fourth-order valence-corrected chi connectivity index (χ4v) is 4.09. The highest BCUT2D eigenvalue weighted by atomic mass is 32.2. The molecule has 0 aliphatic carbocycles. The lowest BCUT2D eigenvalue weighted by molar-refractivity contribution is -0.150. The van der Waals surface area contributed by atoms with Crippen LogP contribution in [0.25, 0.3) is 0 Å². The predicted octanol–water partition coefficient (Wildman–Crippen LogP) is -0.535. The number of carbonyl (C=O) groups excluding carboxylic acids is 3. The van der Waals surface area contributed by atoms with Gasteiger partial charge in [-0.25, -0.2) is 9.59 Å². The van der Waals surface area contributed by atoms with Crippen molar-refractivity contribution in [2.24, 2.45) is 5.73 Å². The summed E-state index contributed by atoms with van der Waals surface area (Å²) >= 11 is 1.24. The topological polar surface area (TPSA) is 176 Å². The number of hydrogen-bond acceptors (Lipinski definition) is 7. The van der Waals surface area contributed by atoms with Crippen LogP contribution in [0.4, 0.5) is 4.79 Å². The molecule has 0 spiro atoms. The minimum atomic E-state index is -1.34. The Morgan fingerprint density at radius 1 is 1.22 bits per heavy atom. The molecule has 12 heteroatoms. The van der Waals surface area contributed by atoms with Crippen LogP contribution in [0.5, 0.6) is 0 Å². The first-order valence-electron chi connectivity index (χ1n) is 8.05. The van der Waals surface area contributed by atoms with Gasteiger partial charge in [0.1, 0.15) is 23.7 Å². The van der Waals surface area contributed by atoms with E-state index in [1.54, 1.807) is 0 Å². The SMILES string of the molecule is NC(=O)OCC1=C(C(=O)O)N2C(=O)C(NC(=O)CCCCC(=O)O)[C@@H]2SC1. The zero-order valence-electron chi connectivity index (χ0n) is 14.2. The van der Waals surface area contributed by atoms with Crippen molar-refractivity contribution in [2.75, 3.05) is 12.4 Å². The first kappa shape index (κ1) is 20.6. The molecule has 0 bridgehead atoms. The van der Waals surface area contributed by atoms with Gasteiger partial charge in [-0.05, 0) is 12.8 Å². The molecule has 3 amide bonds. The third kappa shape index (κ3) is 4.90. The number of nitrogens with one attached hydrogen (secondary N) is 1. The first-order valence-corrected chi connectivity index (χ1v) is 9.10. The lowest BCUT2D eigenvalue weighted by atomic mass is 10.0. The van der Waals surface area contributed by atoms with E-state index in [1.807, 2.05) is 0 Å². The first-order chi connectivity index (χ1) is 12.7. The Balaban J connectivity index is 1.96. The average molecular weight is 401 g/mol. The molecule has 0 aromatic rings. The second kappa shape index (κ2) is 8.75. The number of carbonyl (C=O) groups is 5. The van der Waals surface area contributed by atoms with Gasteiger partial charge in [0.05, 0.1) is 0 Å². The number of aliphatic carboxylic acids is 2. The van der Waals surface area contributed by atoms with Gasteiger partial charge in [0, 0.05) is 24.2 Å². The van der Waals surface area contributed by atoms with Crippen molar-refractivity contribution in [3.05, 3.63) is 11.3 Å². The highest BCUT2D eigenvalue weighted by Crippen LogP contribution is 2.40. The van der Waals surface area contributed by atoms with E-state index in [0.29, 0.717) is 12.8 Å². The monoisotopic (exact) mass is 401 g/mol. The highest BCUT2D eigenvalue weighted by Gasteiger charge is 2.54. The maximum atomic E-state index is 12.3. The number of thioether (sulfide) groups is 1. The maximum Gasteiger partial charge on any atom is 0.404 e. The largest absolute Gasteiger partial charge is 0.481 e. The molecule has 0 radical (unpaired) electrons. The normalized spacial score (nSPS) is 21.2. The fraction of sp³-hybridized carbons (Fsp3) is 0.533. The molecule has 2 rings (SSSR count). The second-order valence-electron chi connectivity index (χ2n) is 5.92. The van der Waals surface area contributed by atoms with Crippen molar-refractivity contribution in [1.29, 1.82) is 0 Å². The number of hydrogen-bond donors (Lipinski definition) is 4. The van der Waals surface area contributed by atoms with E-state index in [0.717, 1.165) is 4.90 Å². The third-order valence-corrected chi connectivity index (χ3v) is 5.34. The van der Waals surface area contributed by atoms with Gasteiger partial charge in [0.2, 0.25) is 5.91 Å². The van der Waals surface area contributed by atoms with Crippen LogP contribution in [0.2, 0.25) is 0 Å². The summed E-state index contributed by atoms with van der Waals surface area (Å²) in [6.45, 7) is -0.332. The Labute approximate surface area is 157 Å². The standard InChI is InChI=1S/C15H19N3O8S/c16-15(25)26-5-7-6-27-13-10(12(22)18(13)11(7)14(23)24)17-8(19)3-1-2-4-9(20)21/h10,13H,1-6H2,(H2,16,25)(H,17,19)(H,20,21)(H,23,24)/t10?,13-/m0/s1. The summed E-state index contributed by atoms with van der Waals surface area (Å²) in [5, 5.41) is 19.9. The van der Waals surface area contributed by atoms with E-state index in [1.165, 1.54) is 11.8 Å². The molecular formula is C15H19N3O8S. The lowest BCUT2D eigenvalue weighted by Gasteiger charge is -2.49. The number of fused-ring (bicyclic) bond motifs is 1. The van der Waals surface area contributed by atoms with Crippen molar-refractivity contribution in [3.63, 3.8) is 0 Å². The van der Waals surface area contributed by atoms with E-state index in [2.05, 4.69) is 10.1 Å². The van der Waals surface area contributed by atoms with E-state index in [4.69, 9.17) is 10.8 Å². The number of amides is 3. The van der Waals surface area contributed by atoms with Crippen LogP contribution < -0.4 is 11.1 Å². The van der Waals surface area contributed by atoms with Crippen LogP contribution in [0.3, 0.4) is 0 Å². The minimum absolute atomic E-state index is 0.0369. The summed E-state index contributed by atoms with van der Waals surface area (Å²) in [5.41, 5.74) is 4.86. The van der Waals surface area contributed by atoms with Crippen molar-refractivity contribution in [2.45, 2.75) is 37.1 Å². The smallest absolute Gasteiger partial charge is 0.404 e. The van der Waals surface area contributed by atoms with Gasteiger partial charge in [-0.2, -0.15) is 0 Å². The quantitative estimate of drug-likeness (QED) is 0.292. The molecule has 0 aromatic carbocycles. The highest BCUT2D eigenvalue weighted by molar-refractivity contribution is 8.00. The molecule has 1 saturated heterocycles. The molecule has 2 aliphatic rings. The van der Waals surface area contributed by atoms with Gasteiger partial charge in [0.15, 0.2) is 0 Å². The predicted molar refractivity (Wildman–Crippen MR) is 91.3 cm³/mol. The Morgan fingerprint density at radius 2 is 1.89 bits per heavy atom. The summed E-state index contributed by atoms with van der Waals surface area (Å²) < 4.78 is 4.62. The number of β-lactam (4-membered cyclic amide) rings is 1. The van der Waals surface area contributed by atoms with Crippen LogP contribution >= 0.6 is 11.8 Å². The average Bonchev–Trinajstić information content (AvgIpc) is 2.60. The summed E-state index contributed by atoms with van der Waals surface area (Å²) in [6.07, 6.45) is -0.295. The van der Waals surface area contributed by atoms with Gasteiger partial charge in [-0.3, -0.25) is 19.3 Å². The zero-order chi connectivity index (χ0) is 20.1. The maximum absolute atomic E-state index is 12.3. The summed E-state index contributed by atoms with van der Waals surface area (Å²) in [7, 11) is 0. The molecule has 148 valence electrons. The molecule has 27 heavy (non-hydrogen) atoms. The molecule has 2 atom stereocenters. The van der Waals surface area contributed by atoms with Crippen LogP contribution in [0.1, 0.15) is 25.7 Å². The number of ether oxygens (including phenoxy) is 1. The Hall–Kier alpha value is -2.76. The zero-order valence-corrected chi connectivity index (χ0v) is 15.0. The number of nitrogens with two attached hydrogens (primary N) is 1. The summed E-state index contributed by atoms with van der Waals surface area (Å²) in [5.74, 6) is -3.05. The Bertz CT molecular complexity index is 707. The van der Waals surface area contributed by atoms with Gasteiger partial charge >= 0.3 is 18.0 Å². The summed E-state index contributed by atoms with van der Waals surface area (Å²) in [4.78, 5) is 58.0. The third-order valence-electron chi connectivity index (χ3n) is 4.00. The number of nitrogens with zero attached hydrogens (tertiary/aromatic N) is 1. The molecule has 2 aliphatic heterocycles. The van der Waals surface area contributed by atoms with Crippen molar-refractivity contribution in [3.8, 4) is 0 Å². The summed E-state index contributed by atoms with van der Waals surface area (Å²) in [6, 6.07) is -0.852. The van der Waals surface area contributed by atoms with Crippen LogP contribution in [0.15, 0.2) is 11.3 Å². The van der Waals surface area contributed by atoms with E-state index in [9.17, 15) is 29.1 Å². The number of primary amides is 1. The Morgan fingerprint density at radius 3 is 2.48 bits per heavy atom. The van der Waals surface area contributed by atoms with Gasteiger partial charge < -0.3 is 26.0 Å². The van der Waals surface area contributed by atoms with Gasteiger partial charge in [-0.15, -0.1) is 11.8 Å². The van der Waals surface area contributed by atoms with Crippen molar-refractivity contribution >= 4 is 41.6 Å². The fourth-order valence-electron chi connectivity index (χ4n) is 2.76. The van der Waals surface area contributed by atoms with E-state index < -0.39 is 41.3 Å². The van der Waals surface area contributed by atoms with Crippen LogP contribution in [0, 0.1) is 0 Å². The molecule has 11 nitrogen and oxygen atoms in total. The number of unbranched alkanes of at least 4 members (excludes halogenated alkanes) is 1. The molecular weight excluding hydrogens is 382 g/mol. The second-order valence-corrected chi connectivity index (χ2v) is 7.03. The van der Waals surface area contributed by atoms with Crippen molar-refractivity contribution < 1.29 is 38.9 Å². The molecule has 1 unspecified atom stereocenters. The molecule has 2 heterocycles. The van der Waals surface area contributed by atoms with Crippen LogP contribution in [-0.4, -0.2) is 68.7 Å². The molecule has 5 N–H and O–H groups in total. The molecule has 1 fully saturated rings. The number of carboxylic acids is 2. The number of carboxylic acid groups (broad SMARTS) is 2. The minimum Gasteiger partial charge on any atom is -0.481 e. The molecule has 0 saturated carbocycles. The Kier molecular flexibility index (Phi) is 6.66. The van der Waals surface area contributed by atoms with Crippen molar-refractivity contribution in [1.82, 2.24) is 10.2 Å². The van der Waals surface area contributed by atoms with E-state index >= 15 is 0 Å². The van der Waals surface area contributed by atoms with Crippen LogP contribution in [-0.2, 0) is 23.9 Å². The number of rotatable bonds is 9. The lowest BCUT2D eigenvalue weighted by Crippen LogP contribution is -2.70. The van der Waals surface area contributed by atoms with Gasteiger partial charge in [0.25, 0.3) is 5.91 Å². The van der Waals surface area contributed by atoms with E-state index in [-0.39, 0.29) is 36.5 Å². The molecule has 0 aromatic heterocycles.